The second kappa shape index (κ2) is 6.89. The van der Waals surface area contributed by atoms with Crippen molar-refractivity contribution in [3.05, 3.63) is 24.3 Å². The molecule has 1 aromatic carbocycles. The van der Waals surface area contributed by atoms with Crippen LogP contribution >= 0.6 is 0 Å². The van der Waals surface area contributed by atoms with Crippen LogP contribution in [0.4, 0.5) is 5.69 Å². The van der Waals surface area contributed by atoms with Gasteiger partial charge in [0.15, 0.2) is 0 Å². The minimum Gasteiger partial charge on any atom is -0.495 e. The quantitative estimate of drug-likeness (QED) is 0.781. The maximum absolute atomic E-state index is 11.5. The normalized spacial score (nSPS) is 13.7. The molecule has 0 radical (unpaired) electrons. The van der Waals surface area contributed by atoms with Crippen molar-refractivity contribution in [2.45, 2.75) is 32.7 Å². The largest absolute Gasteiger partial charge is 0.495 e. The van der Waals surface area contributed by atoms with Crippen molar-refractivity contribution in [1.29, 1.82) is 0 Å². The maximum Gasteiger partial charge on any atom is 0.240 e. The first-order chi connectivity index (χ1) is 8.60. The van der Waals surface area contributed by atoms with Crippen LogP contribution in [0.25, 0.3) is 0 Å². The van der Waals surface area contributed by atoms with Crippen LogP contribution in [0.2, 0.25) is 0 Å². The topological polar surface area (TPSA) is 64.3 Å². The highest BCUT2D eigenvalue weighted by atomic mass is 16.5. The van der Waals surface area contributed by atoms with Crippen LogP contribution in [-0.2, 0) is 4.79 Å². The molecule has 0 aliphatic carbocycles. The first-order valence-corrected chi connectivity index (χ1v) is 6.29. The number of hydrogen-bond acceptors (Lipinski definition) is 3. The zero-order valence-electron chi connectivity index (χ0n) is 11.3. The number of ether oxygens (including phenoxy) is 1. The van der Waals surface area contributed by atoms with Crippen molar-refractivity contribution in [2.24, 2.45) is 11.7 Å². The molecular weight excluding hydrogens is 228 g/mol. The van der Waals surface area contributed by atoms with Gasteiger partial charge in [-0.15, -0.1) is 0 Å². The molecule has 0 aliphatic rings. The summed E-state index contributed by atoms with van der Waals surface area (Å²) in [6.07, 6.45) is 1.98. The van der Waals surface area contributed by atoms with E-state index in [4.69, 9.17) is 10.5 Å². The number of carbonyl (C=O) groups excluding carboxylic acids is 1. The van der Waals surface area contributed by atoms with Crippen LogP contribution in [0.5, 0.6) is 5.75 Å². The highest BCUT2D eigenvalue weighted by Crippen LogP contribution is 2.25. The Labute approximate surface area is 109 Å². The van der Waals surface area contributed by atoms with Gasteiger partial charge in [-0.3, -0.25) is 4.79 Å². The molecule has 4 nitrogen and oxygen atoms in total. The molecule has 100 valence electrons. The molecule has 3 N–H and O–H groups in total. The summed E-state index contributed by atoms with van der Waals surface area (Å²) in [5, 5.41) is 3.18. The maximum atomic E-state index is 11.5. The zero-order chi connectivity index (χ0) is 13.5. The highest BCUT2D eigenvalue weighted by Gasteiger charge is 2.22. The van der Waals surface area contributed by atoms with Gasteiger partial charge in [0.2, 0.25) is 5.91 Å². The summed E-state index contributed by atoms with van der Waals surface area (Å²) >= 11 is 0. The summed E-state index contributed by atoms with van der Waals surface area (Å²) in [7, 11) is 1.61. The standard InChI is InChI=1S/C14H22N2O2/c1-4-7-10(2)13(14(15)17)16-11-8-5-6-9-12(11)18-3/h5-6,8-10,13,16H,4,7H2,1-3H3,(H2,15,17). The average molecular weight is 250 g/mol. The smallest absolute Gasteiger partial charge is 0.240 e. The molecule has 1 aromatic rings. The number of amides is 1. The molecule has 4 heteroatoms. The fourth-order valence-electron chi connectivity index (χ4n) is 2.05. The Bertz CT molecular complexity index is 393. The average Bonchev–Trinajstić information content (AvgIpc) is 2.36. The lowest BCUT2D eigenvalue weighted by Crippen LogP contribution is -2.40. The van der Waals surface area contributed by atoms with Crippen molar-refractivity contribution >= 4 is 11.6 Å². The van der Waals surface area contributed by atoms with Crippen LogP contribution in [0.3, 0.4) is 0 Å². The third kappa shape index (κ3) is 3.65. The van der Waals surface area contributed by atoms with Gasteiger partial charge in [0.05, 0.1) is 12.8 Å². The van der Waals surface area contributed by atoms with E-state index in [1.165, 1.54) is 0 Å². The number of nitrogens with one attached hydrogen (secondary N) is 1. The van der Waals surface area contributed by atoms with E-state index in [0.29, 0.717) is 5.75 Å². The van der Waals surface area contributed by atoms with E-state index >= 15 is 0 Å². The molecule has 1 amide bonds. The van der Waals surface area contributed by atoms with E-state index in [0.717, 1.165) is 18.5 Å². The van der Waals surface area contributed by atoms with E-state index in [2.05, 4.69) is 12.2 Å². The van der Waals surface area contributed by atoms with Crippen LogP contribution < -0.4 is 15.8 Å². The first kappa shape index (κ1) is 14.4. The predicted octanol–water partition coefficient (Wildman–Crippen LogP) is 2.40. The molecule has 1 rings (SSSR count). The second-order valence-electron chi connectivity index (χ2n) is 4.49. The van der Waals surface area contributed by atoms with Crippen molar-refractivity contribution in [2.75, 3.05) is 12.4 Å². The summed E-state index contributed by atoms with van der Waals surface area (Å²) < 4.78 is 5.25. The van der Waals surface area contributed by atoms with Gasteiger partial charge in [0.1, 0.15) is 11.8 Å². The minimum absolute atomic E-state index is 0.192. The molecule has 0 aliphatic heterocycles. The third-order valence-corrected chi connectivity index (χ3v) is 3.04. The van der Waals surface area contributed by atoms with Crippen molar-refractivity contribution in [3.8, 4) is 5.75 Å². The van der Waals surface area contributed by atoms with Gasteiger partial charge in [-0.2, -0.15) is 0 Å². The number of anilines is 1. The van der Waals surface area contributed by atoms with E-state index < -0.39 is 0 Å². The fourth-order valence-corrected chi connectivity index (χ4v) is 2.05. The van der Waals surface area contributed by atoms with Crippen LogP contribution in [0.1, 0.15) is 26.7 Å². The van der Waals surface area contributed by atoms with Gasteiger partial charge in [-0.25, -0.2) is 0 Å². The summed E-state index contributed by atoms with van der Waals surface area (Å²) in [4.78, 5) is 11.5. The van der Waals surface area contributed by atoms with Gasteiger partial charge < -0.3 is 15.8 Å². The van der Waals surface area contributed by atoms with E-state index in [-0.39, 0.29) is 17.9 Å². The van der Waals surface area contributed by atoms with E-state index in [1.54, 1.807) is 7.11 Å². The summed E-state index contributed by atoms with van der Waals surface area (Å²) in [5.74, 6) is 0.576. The van der Waals surface area contributed by atoms with Gasteiger partial charge in [-0.1, -0.05) is 32.4 Å². The monoisotopic (exact) mass is 250 g/mol. The summed E-state index contributed by atoms with van der Waals surface area (Å²) in [5.41, 5.74) is 6.26. The lowest BCUT2D eigenvalue weighted by molar-refractivity contribution is -0.119. The highest BCUT2D eigenvalue weighted by molar-refractivity contribution is 5.83. The first-order valence-electron chi connectivity index (χ1n) is 6.29. The number of methoxy groups -OCH3 is 1. The second-order valence-corrected chi connectivity index (χ2v) is 4.49. The molecule has 0 bridgehead atoms. The number of carbonyl (C=O) groups is 1. The number of benzene rings is 1. The number of nitrogens with two attached hydrogens (primary N) is 1. The lowest BCUT2D eigenvalue weighted by atomic mass is 9.96. The number of hydrogen-bond donors (Lipinski definition) is 2. The Balaban J connectivity index is 2.86. The van der Waals surface area contributed by atoms with E-state index in [9.17, 15) is 4.79 Å². The molecular formula is C14H22N2O2. The molecule has 0 saturated heterocycles. The Morgan fingerprint density at radius 2 is 2.11 bits per heavy atom. The molecule has 0 aromatic heterocycles. The Morgan fingerprint density at radius 1 is 1.44 bits per heavy atom. The summed E-state index contributed by atoms with van der Waals surface area (Å²) in [6, 6.07) is 7.14. The molecule has 2 atom stereocenters. The van der Waals surface area contributed by atoms with Gasteiger partial charge in [-0.05, 0) is 24.5 Å². The Kier molecular flexibility index (Phi) is 5.49. The van der Waals surface area contributed by atoms with Gasteiger partial charge >= 0.3 is 0 Å². The Hall–Kier alpha value is -1.71. The zero-order valence-corrected chi connectivity index (χ0v) is 11.3. The molecule has 0 spiro atoms. The predicted molar refractivity (Wildman–Crippen MR) is 73.7 cm³/mol. The fraction of sp³-hybridized carbons (Fsp3) is 0.500. The lowest BCUT2D eigenvalue weighted by Gasteiger charge is -2.24. The van der Waals surface area contributed by atoms with Crippen molar-refractivity contribution in [3.63, 3.8) is 0 Å². The van der Waals surface area contributed by atoms with E-state index in [1.807, 2.05) is 31.2 Å². The number of primary amides is 1. The summed E-state index contributed by atoms with van der Waals surface area (Å²) in [6.45, 7) is 4.12. The molecule has 2 unspecified atom stereocenters. The minimum atomic E-state index is -0.374. The number of para-hydroxylation sites is 2. The van der Waals surface area contributed by atoms with Crippen LogP contribution in [-0.4, -0.2) is 19.1 Å². The van der Waals surface area contributed by atoms with Gasteiger partial charge in [0, 0.05) is 0 Å². The molecule has 0 heterocycles. The van der Waals surface area contributed by atoms with Crippen LogP contribution in [0, 0.1) is 5.92 Å². The van der Waals surface area contributed by atoms with Crippen molar-refractivity contribution in [1.82, 2.24) is 0 Å². The number of rotatable bonds is 7. The molecule has 0 fully saturated rings. The van der Waals surface area contributed by atoms with Crippen LogP contribution in [0.15, 0.2) is 24.3 Å². The SMILES string of the molecule is CCCC(C)C(Nc1ccccc1OC)C(N)=O. The molecule has 0 saturated carbocycles. The van der Waals surface area contributed by atoms with Crippen molar-refractivity contribution < 1.29 is 9.53 Å². The Morgan fingerprint density at radius 3 is 2.67 bits per heavy atom. The molecule has 18 heavy (non-hydrogen) atoms. The van der Waals surface area contributed by atoms with Gasteiger partial charge in [0.25, 0.3) is 0 Å². The third-order valence-electron chi connectivity index (χ3n) is 3.04.